The molecule has 0 bridgehead atoms. The summed E-state index contributed by atoms with van der Waals surface area (Å²) in [5.41, 5.74) is 0. The van der Waals surface area contributed by atoms with Crippen molar-refractivity contribution in [3.8, 4) is 0 Å². The fourth-order valence-electron chi connectivity index (χ4n) is 1.27. The Kier molecular flexibility index (Phi) is 3.62. The van der Waals surface area contributed by atoms with Crippen LogP contribution in [-0.2, 0) is 16.6 Å². The van der Waals surface area contributed by atoms with Gasteiger partial charge in [-0.15, -0.1) is 22.7 Å². The number of nitrogens with one attached hydrogen (secondary N) is 1. The molecule has 0 saturated carbocycles. The standard InChI is InChI=1S/C10H12N2O2S3/c1-7-3-4-10(16-7)17(13,14)12-6-9-11-5-8(2)15-9/h3-5,12H,6H2,1-2H3. The number of thiazole rings is 1. The molecular formula is C10H12N2O2S3. The van der Waals surface area contributed by atoms with Crippen molar-refractivity contribution in [3.63, 3.8) is 0 Å². The molecule has 4 nitrogen and oxygen atoms in total. The van der Waals surface area contributed by atoms with Crippen LogP contribution >= 0.6 is 22.7 Å². The summed E-state index contributed by atoms with van der Waals surface area (Å²) < 4.78 is 26.7. The Balaban J connectivity index is 2.08. The second-order valence-electron chi connectivity index (χ2n) is 3.55. The third-order valence-corrected chi connectivity index (χ3v) is 5.87. The molecule has 0 unspecified atom stereocenters. The van der Waals surface area contributed by atoms with Crippen molar-refractivity contribution in [2.75, 3.05) is 0 Å². The van der Waals surface area contributed by atoms with Crippen molar-refractivity contribution in [3.05, 3.63) is 33.1 Å². The smallest absolute Gasteiger partial charge is 0.248 e. The van der Waals surface area contributed by atoms with E-state index in [9.17, 15) is 8.42 Å². The summed E-state index contributed by atoms with van der Waals surface area (Å²) in [5.74, 6) is 0. The molecule has 92 valence electrons. The Morgan fingerprint density at radius 2 is 2.00 bits per heavy atom. The van der Waals surface area contributed by atoms with Gasteiger partial charge in [-0.05, 0) is 26.0 Å². The number of hydrogen-bond donors (Lipinski definition) is 1. The molecule has 7 heteroatoms. The van der Waals surface area contributed by atoms with Gasteiger partial charge >= 0.3 is 0 Å². The van der Waals surface area contributed by atoms with E-state index in [2.05, 4.69) is 9.71 Å². The SMILES string of the molecule is Cc1ccc(S(=O)(=O)NCc2ncc(C)s2)s1. The summed E-state index contributed by atoms with van der Waals surface area (Å²) in [6.45, 7) is 4.07. The lowest BCUT2D eigenvalue weighted by atomic mass is 10.5. The Labute approximate surface area is 108 Å². The summed E-state index contributed by atoms with van der Waals surface area (Å²) in [6.07, 6.45) is 1.74. The molecule has 0 aromatic carbocycles. The third-order valence-electron chi connectivity index (χ3n) is 2.06. The van der Waals surface area contributed by atoms with Crippen molar-refractivity contribution >= 4 is 32.7 Å². The van der Waals surface area contributed by atoms with E-state index >= 15 is 0 Å². The molecule has 0 aliphatic rings. The molecule has 1 N–H and O–H groups in total. The topological polar surface area (TPSA) is 59.1 Å². The van der Waals surface area contributed by atoms with Gasteiger partial charge in [0.25, 0.3) is 0 Å². The average Bonchev–Trinajstić information content (AvgIpc) is 2.85. The molecule has 0 amide bonds. The second kappa shape index (κ2) is 4.85. The largest absolute Gasteiger partial charge is 0.250 e. The average molecular weight is 288 g/mol. The predicted molar refractivity (Wildman–Crippen MR) is 69.9 cm³/mol. The summed E-state index contributed by atoms with van der Waals surface area (Å²) in [7, 11) is -3.39. The minimum atomic E-state index is -3.39. The Bertz CT molecular complexity index is 613. The molecule has 2 rings (SSSR count). The van der Waals surface area contributed by atoms with Gasteiger partial charge in [0.15, 0.2) is 0 Å². The highest BCUT2D eigenvalue weighted by molar-refractivity contribution is 7.91. The lowest BCUT2D eigenvalue weighted by molar-refractivity contribution is 0.583. The summed E-state index contributed by atoms with van der Waals surface area (Å²) in [4.78, 5) is 6.17. The molecule has 0 aliphatic heterocycles. The van der Waals surface area contributed by atoms with E-state index in [1.54, 1.807) is 18.3 Å². The number of nitrogens with zero attached hydrogens (tertiary/aromatic N) is 1. The third kappa shape index (κ3) is 3.12. The van der Waals surface area contributed by atoms with Crippen molar-refractivity contribution in [2.45, 2.75) is 24.6 Å². The van der Waals surface area contributed by atoms with Crippen LogP contribution in [0.1, 0.15) is 14.8 Å². The van der Waals surface area contributed by atoms with Crippen LogP contribution in [0.3, 0.4) is 0 Å². The molecule has 2 aromatic rings. The van der Waals surface area contributed by atoms with Gasteiger partial charge in [0.2, 0.25) is 10.0 Å². The highest BCUT2D eigenvalue weighted by Crippen LogP contribution is 2.21. The van der Waals surface area contributed by atoms with E-state index in [-0.39, 0.29) is 6.54 Å². The summed E-state index contributed by atoms with van der Waals surface area (Å²) in [5, 5.41) is 0.777. The van der Waals surface area contributed by atoms with Gasteiger partial charge in [-0.1, -0.05) is 0 Å². The van der Waals surface area contributed by atoms with Crippen LogP contribution in [0.15, 0.2) is 22.5 Å². The Morgan fingerprint density at radius 1 is 1.24 bits per heavy atom. The number of thiophene rings is 1. The van der Waals surface area contributed by atoms with Crippen LogP contribution in [0.5, 0.6) is 0 Å². The van der Waals surface area contributed by atoms with Crippen LogP contribution in [0.4, 0.5) is 0 Å². The molecule has 0 fully saturated rings. The number of aryl methyl sites for hydroxylation is 2. The first-order chi connectivity index (χ1) is 7.97. The molecular weight excluding hydrogens is 276 g/mol. The van der Waals surface area contributed by atoms with Crippen LogP contribution in [0.2, 0.25) is 0 Å². The van der Waals surface area contributed by atoms with E-state index in [4.69, 9.17) is 0 Å². The van der Waals surface area contributed by atoms with Crippen molar-refractivity contribution in [1.29, 1.82) is 0 Å². The van der Waals surface area contributed by atoms with Gasteiger partial charge in [-0.3, -0.25) is 0 Å². The highest BCUT2D eigenvalue weighted by Gasteiger charge is 2.16. The number of rotatable bonds is 4. The van der Waals surface area contributed by atoms with E-state index in [1.165, 1.54) is 22.7 Å². The zero-order valence-electron chi connectivity index (χ0n) is 9.43. The first kappa shape index (κ1) is 12.7. The van der Waals surface area contributed by atoms with E-state index in [1.807, 2.05) is 13.8 Å². The summed E-state index contributed by atoms with van der Waals surface area (Å²) in [6, 6.07) is 3.42. The Morgan fingerprint density at radius 3 is 2.53 bits per heavy atom. The van der Waals surface area contributed by atoms with Gasteiger partial charge < -0.3 is 0 Å². The number of hydrogen-bond acceptors (Lipinski definition) is 5. The van der Waals surface area contributed by atoms with E-state index in [0.717, 1.165) is 14.8 Å². The quantitative estimate of drug-likeness (QED) is 0.939. The van der Waals surface area contributed by atoms with E-state index < -0.39 is 10.0 Å². The number of sulfonamides is 1. The van der Waals surface area contributed by atoms with Crippen LogP contribution < -0.4 is 4.72 Å². The monoisotopic (exact) mass is 288 g/mol. The predicted octanol–water partition coefficient (Wildman–Crippen LogP) is 2.30. The van der Waals surface area contributed by atoms with Gasteiger partial charge in [0.05, 0.1) is 6.54 Å². The lowest BCUT2D eigenvalue weighted by Crippen LogP contribution is -2.22. The summed E-state index contributed by atoms with van der Waals surface area (Å²) >= 11 is 2.76. The highest BCUT2D eigenvalue weighted by atomic mass is 32.2. The number of aromatic nitrogens is 1. The fraction of sp³-hybridized carbons (Fsp3) is 0.300. The van der Waals surface area contributed by atoms with Crippen molar-refractivity contribution in [1.82, 2.24) is 9.71 Å². The fourth-order valence-corrected chi connectivity index (χ4v) is 4.40. The first-order valence-electron chi connectivity index (χ1n) is 4.95. The zero-order valence-corrected chi connectivity index (χ0v) is 11.9. The minimum absolute atomic E-state index is 0.248. The van der Waals surface area contributed by atoms with Crippen LogP contribution in [0, 0.1) is 13.8 Å². The maximum atomic E-state index is 11.9. The molecule has 0 spiro atoms. The van der Waals surface area contributed by atoms with E-state index in [0.29, 0.717) is 4.21 Å². The van der Waals surface area contributed by atoms with Gasteiger partial charge in [0, 0.05) is 16.0 Å². The van der Waals surface area contributed by atoms with Crippen LogP contribution in [0.25, 0.3) is 0 Å². The maximum absolute atomic E-state index is 11.9. The van der Waals surface area contributed by atoms with Gasteiger partial charge in [-0.25, -0.2) is 18.1 Å². The van der Waals surface area contributed by atoms with Crippen molar-refractivity contribution < 1.29 is 8.42 Å². The molecule has 2 heterocycles. The normalized spacial score (nSPS) is 11.9. The van der Waals surface area contributed by atoms with Gasteiger partial charge in [-0.2, -0.15) is 0 Å². The van der Waals surface area contributed by atoms with Crippen molar-refractivity contribution in [2.24, 2.45) is 0 Å². The molecule has 17 heavy (non-hydrogen) atoms. The lowest BCUT2D eigenvalue weighted by Gasteiger charge is -2.01. The second-order valence-corrected chi connectivity index (χ2v) is 8.16. The molecule has 0 aliphatic carbocycles. The Hall–Kier alpha value is -0.760. The molecule has 0 saturated heterocycles. The van der Waals surface area contributed by atoms with Crippen LogP contribution in [-0.4, -0.2) is 13.4 Å². The molecule has 0 atom stereocenters. The molecule has 0 radical (unpaired) electrons. The zero-order chi connectivity index (χ0) is 12.5. The minimum Gasteiger partial charge on any atom is -0.248 e. The first-order valence-corrected chi connectivity index (χ1v) is 8.06. The molecule has 2 aromatic heterocycles. The maximum Gasteiger partial charge on any atom is 0.250 e. The van der Waals surface area contributed by atoms with Gasteiger partial charge in [0.1, 0.15) is 9.22 Å².